The average Bonchev–Trinajstić information content (AvgIpc) is 2.91. The van der Waals surface area contributed by atoms with Crippen LogP contribution in [-0.4, -0.2) is 25.0 Å². The van der Waals surface area contributed by atoms with Crippen LogP contribution in [0.4, 0.5) is 10.5 Å². The number of rotatable bonds is 6. The van der Waals surface area contributed by atoms with Gasteiger partial charge in [0.2, 0.25) is 0 Å². The van der Waals surface area contributed by atoms with Crippen molar-refractivity contribution in [3.8, 4) is 11.5 Å². The predicted octanol–water partition coefficient (Wildman–Crippen LogP) is 6.62. The van der Waals surface area contributed by atoms with Crippen molar-refractivity contribution in [1.29, 1.82) is 0 Å². The number of benzene rings is 4. The van der Waals surface area contributed by atoms with Gasteiger partial charge in [0.25, 0.3) is 11.8 Å². The van der Waals surface area contributed by atoms with Gasteiger partial charge in [-0.1, -0.05) is 42.5 Å². The summed E-state index contributed by atoms with van der Waals surface area (Å²) in [5.74, 6) is -0.349. The minimum absolute atomic E-state index is 0.177. The van der Waals surface area contributed by atoms with Gasteiger partial charge < -0.3 is 9.47 Å². The molecule has 0 atom stereocenters. The summed E-state index contributed by atoms with van der Waals surface area (Å²) in [4.78, 5) is 39.2. The van der Waals surface area contributed by atoms with Gasteiger partial charge >= 0.3 is 6.03 Å². The molecule has 1 aliphatic rings. The number of nitrogens with one attached hydrogen (secondary N) is 1. The summed E-state index contributed by atoms with van der Waals surface area (Å²) in [5.41, 5.74) is 1.74. The van der Waals surface area contributed by atoms with Crippen LogP contribution in [0.25, 0.3) is 16.8 Å². The quantitative estimate of drug-likeness (QED) is 0.190. The van der Waals surface area contributed by atoms with Crippen LogP contribution >= 0.6 is 31.9 Å². The highest BCUT2D eigenvalue weighted by Crippen LogP contribution is 2.37. The van der Waals surface area contributed by atoms with Gasteiger partial charge in [-0.25, -0.2) is 9.69 Å². The van der Waals surface area contributed by atoms with Gasteiger partial charge in [-0.2, -0.15) is 0 Å². The zero-order valence-electron chi connectivity index (χ0n) is 20.0. The van der Waals surface area contributed by atoms with E-state index < -0.39 is 17.8 Å². The molecule has 0 aromatic heterocycles. The number of halogens is 2. The van der Waals surface area contributed by atoms with Crippen LogP contribution in [0.15, 0.2) is 93.4 Å². The van der Waals surface area contributed by atoms with E-state index >= 15 is 0 Å². The highest BCUT2D eigenvalue weighted by atomic mass is 79.9. The van der Waals surface area contributed by atoms with Crippen LogP contribution in [0.3, 0.4) is 0 Å². The maximum atomic E-state index is 13.2. The van der Waals surface area contributed by atoms with Crippen molar-refractivity contribution in [3.05, 3.63) is 105 Å². The molecule has 5 rings (SSSR count). The summed E-state index contributed by atoms with van der Waals surface area (Å²) in [6.45, 7) is 0.346. The van der Waals surface area contributed by atoms with Crippen molar-refractivity contribution in [2.75, 3.05) is 12.0 Å². The molecule has 1 heterocycles. The summed E-state index contributed by atoms with van der Waals surface area (Å²) in [6, 6.07) is 23.2. The van der Waals surface area contributed by atoms with E-state index in [1.807, 2.05) is 24.3 Å². The molecular weight excluding hydrogens is 616 g/mol. The number of ether oxygens (including phenoxy) is 2. The standard InChI is InChI=1S/C29H20Br2N2O5/c1-37-21-11-9-20(10-12-21)33-28(35)23(27(34)32-29(33)36)13-17-14-24(30)26(25(31)15-17)38-16-19-7-4-6-18-5-2-3-8-22(18)19/h2-15H,16H2,1H3,(H,32,34,36)/b23-13+. The number of methoxy groups -OCH3 is 1. The van der Waals surface area contributed by atoms with Crippen LogP contribution < -0.4 is 19.7 Å². The molecule has 1 fully saturated rings. The molecule has 4 aromatic rings. The monoisotopic (exact) mass is 634 g/mol. The number of nitrogens with zero attached hydrogens (tertiary/aromatic N) is 1. The number of anilines is 1. The predicted molar refractivity (Wildman–Crippen MR) is 152 cm³/mol. The highest BCUT2D eigenvalue weighted by molar-refractivity contribution is 9.11. The third kappa shape index (κ3) is 5.07. The Labute approximate surface area is 235 Å². The van der Waals surface area contributed by atoms with Crippen molar-refractivity contribution in [2.24, 2.45) is 0 Å². The molecule has 1 N–H and O–H groups in total. The van der Waals surface area contributed by atoms with E-state index in [4.69, 9.17) is 9.47 Å². The molecule has 0 spiro atoms. The number of hydrogen-bond donors (Lipinski definition) is 1. The number of hydrogen-bond acceptors (Lipinski definition) is 5. The average molecular weight is 636 g/mol. The summed E-state index contributed by atoms with van der Waals surface area (Å²) in [6.07, 6.45) is 1.44. The van der Waals surface area contributed by atoms with E-state index in [2.05, 4.69) is 55.4 Å². The third-order valence-electron chi connectivity index (χ3n) is 6.02. The van der Waals surface area contributed by atoms with E-state index in [1.54, 1.807) is 36.4 Å². The molecule has 0 saturated carbocycles. The Hall–Kier alpha value is -3.95. The minimum atomic E-state index is -0.818. The molecule has 4 amide bonds. The molecular formula is C29H20Br2N2O5. The Morgan fingerprint density at radius 1 is 0.895 bits per heavy atom. The van der Waals surface area contributed by atoms with E-state index in [9.17, 15) is 14.4 Å². The van der Waals surface area contributed by atoms with Crippen LogP contribution in [-0.2, 0) is 16.2 Å². The maximum absolute atomic E-state index is 13.2. The van der Waals surface area contributed by atoms with Gasteiger partial charge in [-0.15, -0.1) is 0 Å². The Morgan fingerprint density at radius 3 is 2.29 bits per heavy atom. The number of urea groups is 1. The third-order valence-corrected chi connectivity index (χ3v) is 7.19. The first-order valence-electron chi connectivity index (χ1n) is 11.5. The first-order chi connectivity index (χ1) is 18.4. The molecule has 0 unspecified atom stereocenters. The molecule has 1 aliphatic heterocycles. The first kappa shape index (κ1) is 25.7. The van der Waals surface area contributed by atoms with Gasteiger partial charge in [0.1, 0.15) is 23.7 Å². The second kappa shape index (κ2) is 10.8. The van der Waals surface area contributed by atoms with E-state index in [0.717, 1.165) is 21.2 Å². The number of fused-ring (bicyclic) bond motifs is 1. The summed E-state index contributed by atoms with van der Waals surface area (Å²) in [5, 5.41) is 4.47. The van der Waals surface area contributed by atoms with E-state index in [1.165, 1.54) is 13.2 Å². The van der Waals surface area contributed by atoms with Crippen molar-refractivity contribution in [2.45, 2.75) is 6.61 Å². The molecule has 1 saturated heterocycles. The van der Waals surface area contributed by atoms with Crippen LogP contribution in [0.1, 0.15) is 11.1 Å². The number of amides is 4. The van der Waals surface area contributed by atoms with Crippen LogP contribution in [0.2, 0.25) is 0 Å². The lowest BCUT2D eigenvalue weighted by atomic mass is 10.1. The summed E-state index contributed by atoms with van der Waals surface area (Å²) >= 11 is 7.08. The molecule has 7 nitrogen and oxygen atoms in total. The lowest BCUT2D eigenvalue weighted by molar-refractivity contribution is -0.122. The zero-order valence-corrected chi connectivity index (χ0v) is 23.2. The van der Waals surface area contributed by atoms with Crippen LogP contribution in [0, 0.1) is 0 Å². The fourth-order valence-corrected chi connectivity index (χ4v) is 5.61. The lowest BCUT2D eigenvalue weighted by Crippen LogP contribution is -2.54. The number of carbonyl (C=O) groups excluding carboxylic acids is 3. The van der Waals surface area contributed by atoms with Gasteiger partial charge in [0.05, 0.1) is 21.7 Å². The lowest BCUT2D eigenvalue weighted by Gasteiger charge is -2.26. The SMILES string of the molecule is COc1ccc(N2C(=O)NC(=O)/C(=C\c3cc(Br)c(OCc4cccc5ccccc45)c(Br)c3)C2=O)cc1. The Morgan fingerprint density at radius 2 is 1.58 bits per heavy atom. The first-order valence-corrected chi connectivity index (χ1v) is 13.1. The van der Waals surface area contributed by atoms with Crippen molar-refractivity contribution in [3.63, 3.8) is 0 Å². The minimum Gasteiger partial charge on any atom is -0.497 e. The van der Waals surface area contributed by atoms with E-state index in [-0.39, 0.29) is 5.57 Å². The van der Waals surface area contributed by atoms with Crippen molar-refractivity contribution < 1.29 is 23.9 Å². The molecule has 0 aliphatic carbocycles. The van der Waals surface area contributed by atoms with Gasteiger partial charge in [0.15, 0.2) is 0 Å². The molecule has 190 valence electrons. The molecule has 4 aromatic carbocycles. The molecule has 0 radical (unpaired) electrons. The summed E-state index contributed by atoms with van der Waals surface area (Å²) in [7, 11) is 1.52. The van der Waals surface area contributed by atoms with E-state index in [0.29, 0.717) is 38.3 Å². The smallest absolute Gasteiger partial charge is 0.335 e. The Kier molecular flexibility index (Phi) is 7.31. The fraction of sp³-hybridized carbons (Fsp3) is 0.0690. The Bertz CT molecular complexity index is 1590. The molecule has 9 heteroatoms. The molecule has 0 bridgehead atoms. The topological polar surface area (TPSA) is 84.9 Å². The second-order valence-electron chi connectivity index (χ2n) is 8.40. The summed E-state index contributed by atoms with van der Waals surface area (Å²) < 4.78 is 12.5. The Balaban J connectivity index is 1.41. The van der Waals surface area contributed by atoms with Crippen molar-refractivity contribution >= 4 is 72.2 Å². The van der Waals surface area contributed by atoms with Gasteiger partial charge in [0, 0.05) is 0 Å². The normalized spacial score (nSPS) is 14.7. The zero-order chi connectivity index (χ0) is 26.8. The maximum Gasteiger partial charge on any atom is 0.335 e. The number of imide groups is 2. The number of carbonyl (C=O) groups is 3. The largest absolute Gasteiger partial charge is 0.497 e. The molecule has 38 heavy (non-hydrogen) atoms. The van der Waals surface area contributed by atoms with Crippen molar-refractivity contribution in [1.82, 2.24) is 5.32 Å². The number of barbiturate groups is 1. The van der Waals surface area contributed by atoms with Crippen LogP contribution in [0.5, 0.6) is 11.5 Å². The van der Waals surface area contributed by atoms with Gasteiger partial charge in [-0.3, -0.25) is 14.9 Å². The highest BCUT2D eigenvalue weighted by Gasteiger charge is 2.36. The fourth-order valence-electron chi connectivity index (χ4n) is 4.16. The van der Waals surface area contributed by atoms with Gasteiger partial charge in [-0.05, 0) is 96.2 Å². The second-order valence-corrected chi connectivity index (χ2v) is 10.1.